The molecule has 0 bridgehead atoms. The highest BCUT2D eigenvalue weighted by atomic mass is 35.5. The van der Waals surface area contributed by atoms with Crippen LogP contribution in [0.15, 0.2) is 59.5 Å². The van der Waals surface area contributed by atoms with Crippen molar-refractivity contribution < 1.29 is 17.9 Å². The Labute approximate surface area is 197 Å². The van der Waals surface area contributed by atoms with Crippen LogP contribution in [0, 0.1) is 0 Å². The average molecular weight is 487 g/mol. The Balaban J connectivity index is 1.94. The summed E-state index contributed by atoms with van der Waals surface area (Å²) in [5.41, 5.74) is 2.13. The van der Waals surface area contributed by atoms with E-state index in [0.29, 0.717) is 52.1 Å². The number of ether oxygens (including phenoxy) is 2. The van der Waals surface area contributed by atoms with Gasteiger partial charge in [0, 0.05) is 46.7 Å². The number of aromatic nitrogens is 1. The molecule has 0 unspecified atom stereocenters. The zero-order valence-corrected chi connectivity index (χ0v) is 19.7. The fraction of sp³-hybridized carbons (Fsp3) is 0.208. The summed E-state index contributed by atoms with van der Waals surface area (Å²) in [6.07, 6.45) is 6.11. The molecule has 7 nitrogen and oxygen atoms in total. The van der Waals surface area contributed by atoms with Gasteiger partial charge in [0.2, 0.25) is 10.0 Å². The molecule has 0 fully saturated rings. The van der Waals surface area contributed by atoms with Crippen molar-refractivity contribution in [3.63, 3.8) is 0 Å². The molecular weight excluding hydrogens is 464 g/mol. The SMILES string of the molecule is CCS(=O)(=O)Nc1ccc2c(c1)-c1cn(C)c(=O)cc1OCC/C=C/c1cc(Cl)ccc1O2. The monoisotopic (exact) mass is 486 g/mol. The van der Waals surface area contributed by atoms with Crippen LogP contribution in [-0.4, -0.2) is 25.3 Å². The molecule has 1 aromatic heterocycles. The third kappa shape index (κ3) is 5.23. The zero-order valence-electron chi connectivity index (χ0n) is 18.2. The number of nitrogens with zero attached hydrogens (tertiary/aromatic N) is 1. The molecule has 33 heavy (non-hydrogen) atoms. The molecule has 172 valence electrons. The first kappa shape index (κ1) is 22.9. The van der Waals surface area contributed by atoms with Crippen molar-refractivity contribution in [1.29, 1.82) is 0 Å². The first-order valence-electron chi connectivity index (χ1n) is 10.4. The Morgan fingerprint density at radius 2 is 1.85 bits per heavy atom. The number of hydrogen-bond donors (Lipinski definition) is 1. The van der Waals surface area contributed by atoms with Crippen LogP contribution in [0.25, 0.3) is 17.2 Å². The third-order valence-electron chi connectivity index (χ3n) is 5.14. The molecule has 1 aliphatic rings. The first-order valence-corrected chi connectivity index (χ1v) is 12.4. The molecule has 0 saturated heterocycles. The normalized spacial score (nSPS) is 14.3. The highest BCUT2D eigenvalue weighted by Gasteiger charge is 2.18. The largest absolute Gasteiger partial charge is 0.492 e. The number of aryl methyl sites for hydroxylation is 1. The average Bonchev–Trinajstić information content (AvgIpc) is 2.77. The quantitative estimate of drug-likeness (QED) is 0.559. The van der Waals surface area contributed by atoms with E-state index in [1.807, 2.05) is 12.2 Å². The van der Waals surface area contributed by atoms with Gasteiger partial charge in [0.25, 0.3) is 5.56 Å². The second-order valence-electron chi connectivity index (χ2n) is 7.54. The number of halogens is 1. The summed E-state index contributed by atoms with van der Waals surface area (Å²) in [6, 6.07) is 11.7. The van der Waals surface area contributed by atoms with Crippen molar-refractivity contribution >= 4 is 33.4 Å². The fourth-order valence-corrected chi connectivity index (χ4v) is 4.20. The van der Waals surface area contributed by atoms with Gasteiger partial charge in [0.05, 0.1) is 12.4 Å². The predicted molar refractivity (Wildman–Crippen MR) is 131 cm³/mol. The maximum absolute atomic E-state index is 12.3. The van der Waals surface area contributed by atoms with E-state index in [2.05, 4.69) is 4.72 Å². The molecule has 0 atom stereocenters. The Kier molecular flexibility index (Phi) is 6.49. The van der Waals surface area contributed by atoms with E-state index in [4.69, 9.17) is 21.1 Å². The van der Waals surface area contributed by atoms with Crippen molar-refractivity contribution in [2.45, 2.75) is 13.3 Å². The Morgan fingerprint density at radius 3 is 2.64 bits per heavy atom. The summed E-state index contributed by atoms with van der Waals surface area (Å²) in [5, 5.41) is 0.579. The van der Waals surface area contributed by atoms with Crippen LogP contribution in [0.5, 0.6) is 17.2 Å². The lowest BCUT2D eigenvalue weighted by atomic mass is 10.0. The number of anilines is 1. The van der Waals surface area contributed by atoms with Gasteiger partial charge in [-0.1, -0.05) is 23.8 Å². The molecule has 3 aromatic rings. The molecule has 2 heterocycles. The molecule has 4 rings (SSSR count). The number of pyridine rings is 1. The van der Waals surface area contributed by atoms with E-state index < -0.39 is 10.0 Å². The number of nitrogens with one attached hydrogen (secondary N) is 1. The smallest absolute Gasteiger partial charge is 0.254 e. The standard InChI is InChI=1S/C24H23ClN2O5S/c1-3-33(29,30)26-18-8-10-22-19(13-18)20-15-27(2)24(28)14-23(20)31-11-5-4-6-16-12-17(25)7-9-21(16)32-22/h4,6-10,12-15,26H,3,5,11H2,1-2H3/b6-4+. The second kappa shape index (κ2) is 9.33. The van der Waals surface area contributed by atoms with Gasteiger partial charge in [-0.25, -0.2) is 8.42 Å². The topological polar surface area (TPSA) is 86.6 Å². The van der Waals surface area contributed by atoms with Crippen molar-refractivity contribution in [2.24, 2.45) is 7.05 Å². The molecule has 0 saturated carbocycles. The first-order chi connectivity index (χ1) is 15.8. The lowest BCUT2D eigenvalue weighted by Gasteiger charge is -2.19. The molecule has 0 radical (unpaired) electrons. The molecule has 0 spiro atoms. The maximum atomic E-state index is 12.3. The summed E-state index contributed by atoms with van der Waals surface area (Å²) in [7, 11) is -1.84. The summed E-state index contributed by atoms with van der Waals surface area (Å²) in [5.74, 6) is 1.39. The summed E-state index contributed by atoms with van der Waals surface area (Å²) in [4.78, 5) is 12.3. The van der Waals surface area contributed by atoms with E-state index in [1.54, 1.807) is 56.6 Å². The predicted octanol–water partition coefficient (Wildman–Crippen LogP) is 5.06. The van der Waals surface area contributed by atoms with E-state index in [9.17, 15) is 13.2 Å². The Hall–Kier alpha value is -3.23. The van der Waals surface area contributed by atoms with E-state index >= 15 is 0 Å². The third-order valence-corrected chi connectivity index (χ3v) is 6.69. The molecule has 1 N–H and O–H groups in total. The van der Waals surface area contributed by atoms with Crippen molar-refractivity contribution in [3.8, 4) is 28.4 Å². The number of sulfonamides is 1. The summed E-state index contributed by atoms with van der Waals surface area (Å²) >= 11 is 6.19. The van der Waals surface area contributed by atoms with Gasteiger partial charge < -0.3 is 14.0 Å². The number of benzene rings is 2. The number of rotatable bonds is 3. The van der Waals surface area contributed by atoms with Gasteiger partial charge in [0.15, 0.2) is 0 Å². The van der Waals surface area contributed by atoms with Gasteiger partial charge in [-0.3, -0.25) is 9.52 Å². The van der Waals surface area contributed by atoms with E-state index in [-0.39, 0.29) is 11.3 Å². The van der Waals surface area contributed by atoms with Crippen LogP contribution in [0.3, 0.4) is 0 Å². The van der Waals surface area contributed by atoms with Crippen LogP contribution in [-0.2, 0) is 17.1 Å². The van der Waals surface area contributed by atoms with Crippen LogP contribution in [0.4, 0.5) is 5.69 Å². The van der Waals surface area contributed by atoms with Crippen LogP contribution < -0.4 is 19.8 Å². The fourth-order valence-electron chi connectivity index (χ4n) is 3.39. The van der Waals surface area contributed by atoms with Crippen molar-refractivity contribution in [2.75, 3.05) is 17.1 Å². The maximum Gasteiger partial charge on any atom is 0.254 e. The van der Waals surface area contributed by atoms with Crippen molar-refractivity contribution in [1.82, 2.24) is 4.57 Å². The highest BCUT2D eigenvalue weighted by molar-refractivity contribution is 7.92. The van der Waals surface area contributed by atoms with Gasteiger partial charge in [0.1, 0.15) is 17.2 Å². The molecular formula is C24H23ClN2O5S. The van der Waals surface area contributed by atoms with Gasteiger partial charge in [-0.05, 0) is 49.7 Å². The number of fused-ring (bicyclic) bond motifs is 4. The van der Waals surface area contributed by atoms with Gasteiger partial charge in [-0.2, -0.15) is 0 Å². The molecule has 2 aromatic carbocycles. The Bertz CT molecular complexity index is 1400. The molecule has 1 aliphatic heterocycles. The Morgan fingerprint density at radius 1 is 1.06 bits per heavy atom. The van der Waals surface area contributed by atoms with Gasteiger partial charge in [-0.15, -0.1) is 0 Å². The van der Waals surface area contributed by atoms with Crippen LogP contribution in [0.1, 0.15) is 18.9 Å². The lowest BCUT2D eigenvalue weighted by molar-refractivity contribution is 0.325. The molecule has 9 heteroatoms. The van der Waals surface area contributed by atoms with E-state index in [0.717, 1.165) is 5.56 Å². The van der Waals surface area contributed by atoms with Crippen LogP contribution in [0.2, 0.25) is 5.02 Å². The zero-order chi connectivity index (χ0) is 23.6. The lowest BCUT2D eigenvalue weighted by Crippen LogP contribution is -2.17. The number of hydrogen-bond acceptors (Lipinski definition) is 5. The summed E-state index contributed by atoms with van der Waals surface area (Å²) < 4.78 is 40.5. The minimum absolute atomic E-state index is 0.0603. The van der Waals surface area contributed by atoms with Crippen molar-refractivity contribution in [3.05, 3.63) is 75.7 Å². The summed E-state index contributed by atoms with van der Waals surface area (Å²) in [6.45, 7) is 1.92. The minimum atomic E-state index is -3.49. The highest BCUT2D eigenvalue weighted by Crippen LogP contribution is 2.41. The second-order valence-corrected chi connectivity index (χ2v) is 9.99. The minimum Gasteiger partial charge on any atom is -0.492 e. The van der Waals surface area contributed by atoms with Gasteiger partial charge >= 0.3 is 0 Å². The van der Waals surface area contributed by atoms with Crippen LogP contribution >= 0.6 is 11.6 Å². The molecule has 0 amide bonds. The molecule has 0 aliphatic carbocycles. The van der Waals surface area contributed by atoms with E-state index in [1.165, 1.54) is 10.6 Å².